The van der Waals surface area contributed by atoms with Gasteiger partial charge in [-0.1, -0.05) is 6.92 Å². The van der Waals surface area contributed by atoms with Crippen LogP contribution >= 0.6 is 0 Å². The maximum absolute atomic E-state index is 12.5. The molecule has 34 heavy (non-hydrogen) atoms. The summed E-state index contributed by atoms with van der Waals surface area (Å²) in [6, 6.07) is 0. The van der Waals surface area contributed by atoms with E-state index in [0.29, 0.717) is 0 Å². The third kappa shape index (κ3) is 3.82. The van der Waals surface area contributed by atoms with Crippen molar-refractivity contribution in [2.45, 2.75) is 49.5 Å². The van der Waals surface area contributed by atoms with Gasteiger partial charge in [0.1, 0.15) is 5.78 Å². The predicted octanol–water partition coefficient (Wildman–Crippen LogP) is -5.73. The number of carbonyl (C=O) groups is 1. The van der Waals surface area contributed by atoms with Crippen molar-refractivity contribution in [3.05, 3.63) is 11.1 Å². The fraction of sp³-hybridized carbons (Fsp3) is 0.588. The van der Waals surface area contributed by atoms with E-state index in [1.54, 1.807) is 0 Å². The average molecular weight is 497 g/mol. The minimum atomic E-state index is -4.23. The molecule has 2 heterocycles. The lowest BCUT2D eigenvalue weighted by Crippen LogP contribution is -2.75. The van der Waals surface area contributed by atoms with Crippen LogP contribution in [0.25, 0.3) is 0 Å². The van der Waals surface area contributed by atoms with Crippen LogP contribution in [0.4, 0.5) is 0 Å². The SMILES string of the molecule is CCC1CN2C(O)(CC1=O)c1c(O)c(OC(O)(O)O)c(OC(O)(O)O)c(O)c1C(O)(O)C2(O)O. The van der Waals surface area contributed by atoms with Crippen molar-refractivity contribution in [1.29, 1.82) is 0 Å². The van der Waals surface area contributed by atoms with Gasteiger partial charge in [-0.2, -0.15) is 0 Å². The Balaban J connectivity index is 2.46. The third-order valence-electron chi connectivity index (χ3n) is 5.65. The Morgan fingerprint density at radius 1 is 0.882 bits per heavy atom. The van der Waals surface area contributed by atoms with E-state index in [1.807, 2.05) is 0 Å². The van der Waals surface area contributed by atoms with E-state index in [1.165, 1.54) is 6.92 Å². The zero-order valence-electron chi connectivity index (χ0n) is 17.2. The number of carbonyl (C=O) groups excluding carboxylic acids is 1. The number of nitrogens with zero attached hydrogens (tertiary/aromatic N) is 1. The summed E-state index contributed by atoms with van der Waals surface area (Å²) in [6.07, 6.45) is -9.38. The molecule has 0 bridgehead atoms. The fourth-order valence-electron chi connectivity index (χ4n) is 4.15. The molecule has 0 radical (unpaired) electrons. The standard InChI is InChI=1S/C17H23NO16/c1-2-5-4-18-13(22,3-6(5)19)7-8(14(23,24)15(18,25)26)10(21)12(34-17(30,31)32)11(9(7)20)33-16(27,28)29/h5,20-32H,2-4H2,1H3. The zero-order chi connectivity index (χ0) is 26.2. The quantitative estimate of drug-likeness (QED) is 0.133. The van der Waals surface area contributed by atoms with Crippen LogP contribution in [0, 0.1) is 5.92 Å². The zero-order valence-corrected chi connectivity index (χ0v) is 17.2. The molecule has 192 valence electrons. The number of aromatic hydroxyl groups is 2. The number of ether oxygens (including phenoxy) is 2. The highest BCUT2D eigenvalue weighted by molar-refractivity contribution is 5.84. The minimum Gasteiger partial charge on any atom is -0.504 e. The third-order valence-corrected chi connectivity index (χ3v) is 5.65. The Labute approximate surface area is 188 Å². The molecule has 1 aromatic carbocycles. The summed E-state index contributed by atoms with van der Waals surface area (Å²) in [6.45, 7) is 0.798. The second-order valence-electron chi connectivity index (χ2n) is 7.94. The molecule has 13 N–H and O–H groups in total. The molecule has 0 aromatic heterocycles. The summed E-state index contributed by atoms with van der Waals surface area (Å²) in [5.41, 5.74) is -5.92. The number of rotatable bonds is 5. The lowest BCUT2D eigenvalue weighted by atomic mass is 9.74. The Morgan fingerprint density at radius 3 is 1.74 bits per heavy atom. The second kappa shape index (κ2) is 7.55. The Morgan fingerprint density at radius 2 is 1.32 bits per heavy atom. The molecule has 3 rings (SSSR count). The molecule has 0 spiro atoms. The van der Waals surface area contributed by atoms with Crippen molar-refractivity contribution in [3.63, 3.8) is 0 Å². The lowest BCUT2D eigenvalue weighted by Gasteiger charge is -2.57. The molecule has 1 aromatic rings. The van der Waals surface area contributed by atoms with Crippen molar-refractivity contribution >= 4 is 5.78 Å². The lowest BCUT2D eigenvalue weighted by molar-refractivity contribution is -0.463. The highest BCUT2D eigenvalue weighted by Crippen LogP contribution is 2.62. The van der Waals surface area contributed by atoms with Crippen LogP contribution in [0.2, 0.25) is 0 Å². The molecule has 2 aliphatic rings. The second-order valence-corrected chi connectivity index (χ2v) is 7.94. The van der Waals surface area contributed by atoms with Gasteiger partial charge in [0.25, 0.3) is 11.7 Å². The van der Waals surface area contributed by atoms with Crippen molar-refractivity contribution in [2.24, 2.45) is 5.92 Å². The van der Waals surface area contributed by atoms with E-state index in [2.05, 4.69) is 9.47 Å². The monoisotopic (exact) mass is 497 g/mol. The van der Waals surface area contributed by atoms with Crippen molar-refractivity contribution in [2.75, 3.05) is 6.54 Å². The Bertz CT molecular complexity index is 1010. The Kier molecular flexibility index (Phi) is 5.82. The average Bonchev–Trinajstić information content (AvgIpc) is 2.63. The van der Waals surface area contributed by atoms with Crippen molar-refractivity contribution < 1.29 is 80.7 Å². The highest BCUT2D eigenvalue weighted by atomic mass is 16.9. The molecule has 0 amide bonds. The van der Waals surface area contributed by atoms with Crippen LogP contribution in [0.1, 0.15) is 30.9 Å². The summed E-state index contributed by atoms with van der Waals surface area (Å²) in [5, 5.41) is 130. The summed E-state index contributed by atoms with van der Waals surface area (Å²) < 4.78 is 8.26. The summed E-state index contributed by atoms with van der Waals surface area (Å²) >= 11 is 0. The topological polar surface area (TPSA) is 302 Å². The van der Waals surface area contributed by atoms with Crippen LogP contribution in [-0.2, 0) is 16.3 Å². The van der Waals surface area contributed by atoms with E-state index in [0.717, 1.165) is 0 Å². The van der Waals surface area contributed by atoms with Crippen LogP contribution < -0.4 is 9.47 Å². The first-order valence-corrected chi connectivity index (χ1v) is 9.46. The van der Waals surface area contributed by atoms with Gasteiger partial charge < -0.3 is 75.9 Å². The van der Waals surface area contributed by atoms with Crippen molar-refractivity contribution in [3.8, 4) is 23.0 Å². The first-order valence-electron chi connectivity index (χ1n) is 9.46. The van der Waals surface area contributed by atoms with Crippen LogP contribution in [0.5, 0.6) is 23.0 Å². The van der Waals surface area contributed by atoms with E-state index in [4.69, 9.17) is 30.6 Å². The predicted molar refractivity (Wildman–Crippen MR) is 97.1 cm³/mol. The van der Waals surface area contributed by atoms with Gasteiger partial charge in [0.05, 0.1) is 17.5 Å². The van der Waals surface area contributed by atoms with Gasteiger partial charge in [-0.15, -0.1) is 0 Å². The van der Waals surface area contributed by atoms with Crippen LogP contribution in [-0.4, -0.2) is 102 Å². The molecule has 0 aliphatic carbocycles. The first kappa shape index (κ1) is 26.2. The van der Waals surface area contributed by atoms with Gasteiger partial charge in [0.2, 0.25) is 11.5 Å². The normalized spacial score (nSPS) is 26.6. The largest absolute Gasteiger partial charge is 0.504 e. The Hall–Kier alpha value is -2.39. The maximum Gasteiger partial charge on any atom is 0.453 e. The molecule has 1 saturated heterocycles. The number of aliphatic hydroxyl groups is 11. The summed E-state index contributed by atoms with van der Waals surface area (Å²) in [5.74, 6) is -16.5. The maximum atomic E-state index is 12.5. The van der Waals surface area contributed by atoms with Gasteiger partial charge in [-0.25, -0.2) is 4.90 Å². The molecule has 2 aliphatic heterocycles. The molecular weight excluding hydrogens is 474 g/mol. The van der Waals surface area contributed by atoms with Crippen LogP contribution in [0.3, 0.4) is 0 Å². The minimum absolute atomic E-state index is 0.101. The molecule has 1 fully saturated rings. The fourth-order valence-corrected chi connectivity index (χ4v) is 4.15. The molecule has 17 nitrogen and oxygen atoms in total. The smallest absolute Gasteiger partial charge is 0.453 e. The first-order chi connectivity index (χ1) is 15.2. The number of piperidine rings is 1. The van der Waals surface area contributed by atoms with Crippen LogP contribution in [0.15, 0.2) is 0 Å². The molecular formula is C17H23NO16. The molecule has 0 saturated carbocycles. The molecule has 17 heteroatoms. The highest BCUT2D eigenvalue weighted by Gasteiger charge is 2.70. The number of ketones is 1. The van der Waals surface area contributed by atoms with Gasteiger partial charge in [0.15, 0.2) is 17.2 Å². The number of fused-ring (bicyclic) bond motifs is 3. The van der Waals surface area contributed by atoms with E-state index >= 15 is 0 Å². The van der Waals surface area contributed by atoms with E-state index in [-0.39, 0.29) is 11.3 Å². The summed E-state index contributed by atoms with van der Waals surface area (Å²) in [7, 11) is 0. The van der Waals surface area contributed by atoms with Gasteiger partial charge in [-0.05, 0) is 6.42 Å². The van der Waals surface area contributed by atoms with Gasteiger partial charge >= 0.3 is 12.3 Å². The number of benzene rings is 1. The van der Waals surface area contributed by atoms with E-state index in [9.17, 15) is 40.5 Å². The number of Topliss-reactive ketones (excluding diaryl/α,β-unsaturated/α-hetero) is 1. The number of hydrogen-bond donors (Lipinski definition) is 13. The van der Waals surface area contributed by atoms with Gasteiger partial charge in [0, 0.05) is 12.5 Å². The number of phenolic OH excluding ortho intramolecular Hbond substituents is 2. The van der Waals surface area contributed by atoms with E-state index < -0.39 is 88.5 Å². The number of phenols is 2. The molecule has 2 atom stereocenters. The van der Waals surface area contributed by atoms with Crippen molar-refractivity contribution in [1.82, 2.24) is 4.90 Å². The molecule has 2 unspecified atom stereocenters. The van der Waals surface area contributed by atoms with Gasteiger partial charge in [-0.3, -0.25) is 4.79 Å². The summed E-state index contributed by atoms with van der Waals surface area (Å²) in [4.78, 5) is 12.7. The number of hydrogen-bond acceptors (Lipinski definition) is 17.